The maximum absolute atomic E-state index is 16.3. The second-order valence-electron chi connectivity index (χ2n) is 12.6. The molecule has 2 aliphatic carbocycles. The van der Waals surface area contributed by atoms with Crippen LogP contribution in [0.2, 0.25) is 0 Å². The highest BCUT2D eigenvalue weighted by atomic mass is 19.1. The number of fused-ring (bicyclic) bond motifs is 3. The second kappa shape index (κ2) is 10.5. The molecular weight excluding hydrogens is 511 g/mol. The summed E-state index contributed by atoms with van der Waals surface area (Å²) >= 11 is 0. The normalized spacial score (nSPS) is 27.8. The van der Waals surface area contributed by atoms with Crippen molar-refractivity contribution in [1.82, 2.24) is 15.7 Å². The Hall–Kier alpha value is -3.40. The fourth-order valence-electron chi connectivity index (χ4n) is 8.19. The van der Waals surface area contributed by atoms with E-state index in [2.05, 4.69) is 56.5 Å². The number of halogens is 1. The SMILES string of the molecule is C=C(c1ccc(ON[C@@H]2NC3(CCCC3)[C@]3(C4CC=C(C)C=C4N3C#N)C2c2cccc(CC)c2F)cc1)C(C)C. The molecule has 0 amide bonds. The molecule has 4 atom stereocenters. The summed E-state index contributed by atoms with van der Waals surface area (Å²) in [5.74, 6) is 0.647. The van der Waals surface area contributed by atoms with Gasteiger partial charge in [0.1, 0.15) is 17.7 Å². The second-order valence-corrected chi connectivity index (χ2v) is 12.6. The lowest BCUT2D eigenvalue weighted by Gasteiger charge is -2.65. The zero-order chi connectivity index (χ0) is 28.9. The van der Waals surface area contributed by atoms with E-state index in [0.717, 1.165) is 48.9 Å². The molecule has 2 aliphatic heterocycles. The number of nitrogens with one attached hydrogen (secondary N) is 2. The summed E-state index contributed by atoms with van der Waals surface area (Å²) in [5.41, 5.74) is 8.14. The molecule has 4 aliphatic rings. The summed E-state index contributed by atoms with van der Waals surface area (Å²) in [6.07, 6.45) is 12.1. The van der Waals surface area contributed by atoms with E-state index in [1.807, 2.05) is 54.3 Å². The van der Waals surface area contributed by atoms with E-state index in [1.165, 1.54) is 5.57 Å². The first-order chi connectivity index (χ1) is 19.8. The van der Waals surface area contributed by atoms with Gasteiger partial charge < -0.3 is 4.84 Å². The summed E-state index contributed by atoms with van der Waals surface area (Å²) in [4.78, 5) is 8.16. The van der Waals surface area contributed by atoms with Gasteiger partial charge >= 0.3 is 0 Å². The predicted molar refractivity (Wildman–Crippen MR) is 161 cm³/mol. The van der Waals surface area contributed by atoms with Crippen molar-refractivity contribution in [2.45, 2.75) is 89.4 Å². The molecule has 2 saturated heterocycles. The van der Waals surface area contributed by atoms with Gasteiger partial charge in [-0.15, -0.1) is 5.48 Å². The number of hydroxylamine groups is 1. The topological polar surface area (TPSA) is 60.3 Å². The van der Waals surface area contributed by atoms with Gasteiger partial charge in [0.05, 0.1) is 5.54 Å². The number of nitrogens with zero attached hydrogens (tertiary/aromatic N) is 2. The molecule has 0 aromatic heterocycles. The molecule has 2 N–H and O–H groups in total. The molecule has 2 unspecified atom stereocenters. The molecule has 2 heterocycles. The van der Waals surface area contributed by atoms with E-state index >= 15 is 4.39 Å². The van der Waals surface area contributed by atoms with E-state index in [9.17, 15) is 5.26 Å². The number of hydrogen-bond acceptors (Lipinski definition) is 5. The molecule has 0 bridgehead atoms. The van der Waals surface area contributed by atoms with Crippen LogP contribution in [0.5, 0.6) is 5.75 Å². The van der Waals surface area contributed by atoms with Crippen molar-refractivity contribution in [3.8, 4) is 11.9 Å². The Kier molecular flexibility index (Phi) is 7.08. The van der Waals surface area contributed by atoms with Crippen molar-refractivity contribution >= 4 is 5.57 Å². The number of rotatable bonds is 7. The first-order valence-corrected chi connectivity index (χ1v) is 15.1. The summed E-state index contributed by atoms with van der Waals surface area (Å²) in [6.45, 7) is 12.6. The van der Waals surface area contributed by atoms with Gasteiger partial charge in [0.2, 0.25) is 0 Å². The molecule has 2 aromatic rings. The average molecular weight is 553 g/mol. The smallest absolute Gasteiger partial charge is 0.184 e. The van der Waals surface area contributed by atoms with Crippen molar-refractivity contribution in [2.75, 3.05) is 0 Å². The van der Waals surface area contributed by atoms with Crippen LogP contribution in [-0.4, -0.2) is 22.1 Å². The fourth-order valence-corrected chi connectivity index (χ4v) is 8.19. The van der Waals surface area contributed by atoms with Crippen molar-refractivity contribution in [2.24, 2.45) is 11.8 Å². The summed E-state index contributed by atoms with van der Waals surface area (Å²) in [5, 5.41) is 14.6. The van der Waals surface area contributed by atoms with E-state index < -0.39 is 11.7 Å². The standard InChI is InChI=1S/C35H41FN4O/c1-6-25-10-9-11-28(32(25)36)31-33(39-41-27-15-13-26(14-16-27)24(5)22(2)3)38-34(18-7-8-19-34)35(31)29-17-12-23(4)20-30(29)40(35)21-37/h9-16,20,22,29,31,33,38-39H,5-8,17-19H2,1-4H3/t29?,31?,33-,35-/m0/s1. The average Bonchev–Trinajstić information content (AvgIpc) is 3.55. The van der Waals surface area contributed by atoms with E-state index in [0.29, 0.717) is 29.2 Å². The molecule has 2 spiro atoms. The summed E-state index contributed by atoms with van der Waals surface area (Å²) in [7, 11) is 0. The lowest BCUT2D eigenvalue weighted by molar-refractivity contribution is -0.0491. The van der Waals surface area contributed by atoms with Crippen LogP contribution in [0, 0.1) is 29.1 Å². The Morgan fingerprint density at radius 2 is 1.95 bits per heavy atom. The molecule has 5 nitrogen and oxygen atoms in total. The molecule has 2 aromatic carbocycles. The monoisotopic (exact) mass is 552 g/mol. The zero-order valence-electron chi connectivity index (χ0n) is 24.6. The highest BCUT2D eigenvalue weighted by molar-refractivity contribution is 5.65. The van der Waals surface area contributed by atoms with E-state index in [1.54, 1.807) is 0 Å². The predicted octanol–water partition coefficient (Wildman–Crippen LogP) is 7.35. The first kappa shape index (κ1) is 27.8. The Balaban J connectivity index is 1.42. The minimum atomic E-state index is -0.603. The van der Waals surface area contributed by atoms with E-state index in [4.69, 9.17) is 4.84 Å². The van der Waals surface area contributed by atoms with Gasteiger partial charge in [0.15, 0.2) is 6.19 Å². The molecular formula is C35H41FN4O. The maximum atomic E-state index is 16.3. The maximum Gasteiger partial charge on any atom is 0.184 e. The van der Waals surface area contributed by atoms with Gasteiger partial charge in [-0.25, -0.2) is 4.39 Å². The molecule has 41 heavy (non-hydrogen) atoms. The van der Waals surface area contributed by atoms with Gasteiger partial charge in [-0.2, -0.15) is 5.26 Å². The van der Waals surface area contributed by atoms with Crippen LogP contribution in [-0.2, 0) is 6.42 Å². The lowest BCUT2D eigenvalue weighted by Crippen LogP contribution is -2.75. The summed E-state index contributed by atoms with van der Waals surface area (Å²) < 4.78 is 16.3. The van der Waals surface area contributed by atoms with Crippen LogP contribution in [0.25, 0.3) is 5.57 Å². The van der Waals surface area contributed by atoms with Crippen molar-refractivity contribution < 1.29 is 9.23 Å². The van der Waals surface area contributed by atoms with Crippen LogP contribution in [0.1, 0.15) is 82.4 Å². The highest BCUT2D eigenvalue weighted by Crippen LogP contribution is 2.67. The van der Waals surface area contributed by atoms with Gasteiger partial charge in [0, 0.05) is 23.1 Å². The number of aryl methyl sites for hydroxylation is 1. The molecule has 6 rings (SSSR count). The number of hydrogen-bond donors (Lipinski definition) is 2. The van der Waals surface area contributed by atoms with E-state index in [-0.39, 0.29) is 23.2 Å². The van der Waals surface area contributed by atoms with Gasteiger partial charge in [0.25, 0.3) is 0 Å². The minimum absolute atomic E-state index is 0.124. The third kappa shape index (κ3) is 4.08. The number of allylic oxidation sites excluding steroid dienone is 4. The van der Waals surface area contributed by atoms with Crippen LogP contribution in [0.15, 0.2) is 72.5 Å². The van der Waals surface area contributed by atoms with Crippen molar-refractivity contribution in [3.63, 3.8) is 0 Å². The van der Waals surface area contributed by atoms with Crippen molar-refractivity contribution in [1.29, 1.82) is 5.26 Å². The van der Waals surface area contributed by atoms with Gasteiger partial charge in [-0.3, -0.25) is 10.2 Å². The summed E-state index contributed by atoms with van der Waals surface area (Å²) in [6, 6.07) is 13.7. The third-order valence-electron chi connectivity index (χ3n) is 10.2. The minimum Gasteiger partial charge on any atom is -0.407 e. The number of likely N-dealkylation sites (tertiary alicyclic amines) is 1. The Labute approximate surface area is 243 Å². The van der Waals surface area contributed by atoms with Crippen LogP contribution in [0.3, 0.4) is 0 Å². The molecule has 3 fully saturated rings. The van der Waals surface area contributed by atoms with Gasteiger partial charge in [-0.05, 0) is 79.0 Å². The van der Waals surface area contributed by atoms with Crippen LogP contribution < -0.4 is 15.6 Å². The lowest BCUT2D eigenvalue weighted by atomic mass is 9.53. The largest absolute Gasteiger partial charge is 0.407 e. The third-order valence-corrected chi connectivity index (χ3v) is 10.2. The molecule has 6 heteroatoms. The zero-order valence-corrected chi connectivity index (χ0v) is 24.6. The van der Waals surface area contributed by atoms with Crippen molar-refractivity contribution in [3.05, 3.63) is 95.0 Å². The highest BCUT2D eigenvalue weighted by Gasteiger charge is 2.76. The molecule has 1 saturated carbocycles. The molecule has 0 radical (unpaired) electrons. The number of nitriles is 1. The Bertz CT molecular complexity index is 1450. The fraction of sp³-hybridized carbons (Fsp3) is 0.457. The number of benzene rings is 2. The molecule has 214 valence electrons. The van der Waals surface area contributed by atoms with Crippen LogP contribution >= 0.6 is 0 Å². The first-order valence-electron chi connectivity index (χ1n) is 15.1. The quantitative estimate of drug-likeness (QED) is 0.278. The van der Waals surface area contributed by atoms with Gasteiger partial charge in [-0.1, -0.05) is 82.2 Å². The Morgan fingerprint density at radius 3 is 2.61 bits per heavy atom. The Morgan fingerprint density at radius 1 is 1.22 bits per heavy atom. The van der Waals surface area contributed by atoms with Crippen LogP contribution in [0.4, 0.5) is 4.39 Å².